The van der Waals surface area contributed by atoms with Gasteiger partial charge in [0.05, 0.1) is 38.1 Å². The summed E-state index contributed by atoms with van der Waals surface area (Å²) in [6.45, 7) is 1.36. The molecular weight excluding hydrogens is 496 g/mol. The minimum absolute atomic E-state index is 0.0191. The van der Waals surface area contributed by atoms with E-state index in [-0.39, 0.29) is 11.9 Å². The molecule has 1 saturated carbocycles. The zero-order valence-electron chi connectivity index (χ0n) is 19.7. The summed E-state index contributed by atoms with van der Waals surface area (Å²) in [5, 5.41) is 4.52. The van der Waals surface area contributed by atoms with Gasteiger partial charge in [0.25, 0.3) is 5.91 Å². The van der Waals surface area contributed by atoms with Crippen LogP contribution in [0.5, 0.6) is 17.2 Å². The van der Waals surface area contributed by atoms with Crippen LogP contribution < -0.4 is 19.5 Å². The van der Waals surface area contributed by atoms with E-state index in [9.17, 15) is 4.79 Å². The van der Waals surface area contributed by atoms with Crippen LogP contribution in [-0.4, -0.2) is 49.6 Å². The van der Waals surface area contributed by atoms with Crippen molar-refractivity contribution in [3.63, 3.8) is 0 Å². The van der Waals surface area contributed by atoms with Crippen LogP contribution in [0.1, 0.15) is 48.0 Å². The Morgan fingerprint density at radius 1 is 1.12 bits per heavy atom. The van der Waals surface area contributed by atoms with Gasteiger partial charge in [0.1, 0.15) is 5.75 Å². The molecule has 0 radical (unpaired) electrons. The van der Waals surface area contributed by atoms with Gasteiger partial charge < -0.3 is 24.4 Å². The van der Waals surface area contributed by atoms with Crippen molar-refractivity contribution in [3.05, 3.63) is 53.7 Å². The zero-order chi connectivity index (χ0) is 23.7. The zero-order valence-corrected chi connectivity index (χ0v) is 21.3. The second-order valence-corrected chi connectivity index (χ2v) is 10.3. The molecule has 0 saturated heterocycles. The Morgan fingerprint density at radius 3 is 2.59 bits per heavy atom. The first-order valence-electron chi connectivity index (χ1n) is 11.9. The number of carbonyl (C=O) groups is 1. The Kier molecular flexibility index (Phi) is 6.47. The summed E-state index contributed by atoms with van der Waals surface area (Å²) in [5.41, 5.74) is 3.97. The van der Waals surface area contributed by atoms with E-state index in [0.717, 1.165) is 40.7 Å². The smallest absolute Gasteiger partial charge is 0.260 e. The second kappa shape index (κ2) is 9.53. The standard InChI is InChI=1S/C27H31BrN2O4/c1-32-21-6-4-18(5-7-21)19-12-20-15-29-23-14-25(34-17-27(9-10-27)8-3-11-28)24(33-2)13-22(23)26(31)30(20)16-19/h4-7,13-14,16,20,29H,3,8-12,15,17H2,1-2H3/t20-/m0/s1. The first-order valence-corrected chi connectivity index (χ1v) is 13.0. The van der Waals surface area contributed by atoms with Gasteiger partial charge >= 0.3 is 0 Å². The third-order valence-electron chi connectivity index (χ3n) is 7.23. The summed E-state index contributed by atoms with van der Waals surface area (Å²) < 4.78 is 17.2. The summed E-state index contributed by atoms with van der Waals surface area (Å²) >= 11 is 3.53. The van der Waals surface area contributed by atoms with Crippen molar-refractivity contribution < 1.29 is 19.0 Å². The molecule has 0 aromatic heterocycles. The number of nitrogens with zero attached hydrogens (tertiary/aromatic N) is 1. The van der Waals surface area contributed by atoms with Gasteiger partial charge in [-0.1, -0.05) is 28.1 Å². The molecule has 5 rings (SSSR count). The predicted molar refractivity (Wildman–Crippen MR) is 137 cm³/mol. The number of methoxy groups -OCH3 is 2. The molecule has 1 fully saturated rings. The lowest BCUT2D eigenvalue weighted by Crippen LogP contribution is -2.34. The quantitative estimate of drug-likeness (QED) is 0.423. The van der Waals surface area contributed by atoms with Crippen molar-refractivity contribution in [2.24, 2.45) is 5.41 Å². The number of benzene rings is 2. The van der Waals surface area contributed by atoms with Crippen molar-refractivity contribution in [1.29, 1.82) is 0 Å². The van der Waals surface area contributed by atoms with Gasteiger partial charge in [-0.05, 0) is 61.4 Å². The molecule has 1 N–H and O–H groups in total. The van der Waals surface area contributed by atoms with Crippen LogP contribution in [-0.2, 0) is 0 Å². The molecule has 2 aromatic carbocycles. The second-order valence-electron chi connectivity index (χ2n) is 9.46. The Morgan fingerprint density at radius 2 is 1.91 bits per heavy atom. The average Bonchev–Trinajstić information content (AvgIpc) is 3.55. The monoisotopic (exact) mass is 526 g/mol. The molecule has 3 aliphatic rings. The maximum Gasteiger partial charge on any atom is 0.260 e. The van der Waals surface area contributed by atoms with E-state index >= 15 is 0 Å². The lowest BCUT2D eigenvalue weighted by molar-refractivity contribution is 0.0796. The Bertz CT molecular complexity index is 1090. The molecule has 2 heterocycles. The molecular formula is C27H31BrN2O4. The van der Waals surface area contributed by atoms with Crippen molar-refractivity contribution in [3.8, 4) is 17.2 Å². The number of hydrogen-bond donors (Lipinski definition) is 1. The molecule has 7 heteroatoms. The van der Waals surface area contributed by atoms with Crippen LogP contribution in [0, 0.1) is 5.41 Å². The third kappa shape index (κ3) is 4.50. The minimum atomic E-state index is -0.0191. The van der Waals surface area contributed by atoms with Crippen LogP contribution >= 0.6 is 15.9 Å². The molecule has 34 heavy (non-hydrogen) atoms. The largest absolute Gasteiger partial charge is 0.497 e. The van der Waals surface area contributed by atoms with Crippen LogP contribution in [0.4, 0.5) is 5.69 Å². The van der Waals surface area contributed by atoms with Crippen molar-refractivity contribution >= 4 is 33.1 Å². The van der Waals surface area contributed by atoms with Gasteiger partial charge in [-0.2, -0.15) is 0 Å². The molecule has 0 spiro atoms. The Balaban J connectivity index is 1.36. The highest BCUT2D eigenvalue weighted by atomic mass is 79.9. The SMILES string of the molecule is COc1ccc(C2=CN3C(=O)c4cc(OC)c(OCC5(CCCBr)CC5)cc4NC[C@@H]3C2)cc1. The maximum atomic E-state index is 13.5. The number of rotatable bonds is 9. The number of hydrogen-bond acceptors (Lipinski definition) is 5. The number of ether oxygens (including phenoxy) is 3. The van der Waals surface area contributed by atoms with Gasteiger partial charge in [0.15, 0.2) is 11.5 Å². The topological polar surface area (TPSA) is 60.0 Å². The van der Waals surface area contributed by atoms with Crippen LogP contribution in [0.3, 0.4) is 0 Å². The summed E-state index contributed by atoms with van der Waals surface area (Å²) in [6, 6.07) is 11.8. The highest BCUT2D eigenvalue weighted by Gasteiger charge is 2.43. The first kappa shape index (κ1) is 23.1. The van der Waals surface area contributed by atoms with Crippen molar-refractivity contribution in [2.75, 3.05) is 38.0 Å². The van der Waals surface area contributed by atoms with Crippen LogP contribution in [0.25, 0.3) is 5.57 Å². The lowest BCUT2D eigenvalue weighted by atomic mass is 10.0. The van der Waals surface area contributed by atoms with E-state index in [1.54, 1.807) is 14.2 Å². The van der Waals surface area contributed by atoms with Gasteiger partial charge in [0, 0.05) is 29.6 Å². The number of amides is 1. The number of halogens is 1. The molecule has 6 nitrogen and oxygen atoms in total. The highest BCUT2D eigenvalue weighted by Crippen LogP contribution is 2.50. The normalized spacial score (nSPS) is 20.0. The Labute approximate surface area is 209 Å². The molecule has 1 amide bonds. The number of fused-ring (bicyclic) bond motifs is 2. The molecule has 0 bridgehead atoms. The average molecular weight is 527 g/mol. The summed E-state index contributed by atoms with van der Waals surface area (Å²) in [5.74, 6) is 2.10. The maximum absolute atomic E-state index is 13.5. The van der Waals surface area contributed by atoms with E-state index < -0.39 is 0 Å². The highest BCUT2D eigenvalue weighted by molar-refractivity contribution is 9.09. The lowest BCUT2D eigenvalue weighted by Gasteiger charge is -2.20. The van der Waals surface area contributed by atoms with E-state index in [1.807, 2.05) is 47.5 Å². The van der Waals surface area contributed by atoms with E-state index in [1.165, 1.54) is 19.3 Å². The predicted octanol–water partition coefficient (Wildman–Crippen LogP) is 5.72. The van der Waals surface area contributed by atoms with E-state index in [4.69, 9.17) is 14.2 Å². The fraction of sp³-hybridized carbons (Fsp3) is 0.444. The molecule has 1 atom stereocenters. The molecule has 2 aromatic rings. The van der Waals surface area contributed by atoms with E-state index in [2.05, 4.69) is 21.2 Å². The number of anilines is 1. The third-order valence-corrected chi connectivity index (χ3v) is 7.79. The first-order chi connectivity index (χ1) is 16.6. The van der Waals surface area contributed by atoms with Crippen molar-refractivity contribution in [1.82, 2.24) is 4.90 Å². The van der Waals surface area contributed by atoms with Crippen LogP contribution in [0.2, 0.25) is 0 Å². The fourth-order valence-electron chi connectivity index (χ4n) is 4.91. The fourth-order valence-corrected chi connectivity index (χ4v) is 5.19. The number of carbonyl (C=O) groups excluding carboxylic acids is 1. The number of alkyl halides is 1. The molecule has 2 aliphatic heterocycles. The Hall–Kier alpha value is -2.67. The molecule has 0 unspecified atom stereocenters. The van der Waals surface area contributed by atoms with Crippen molar-refractivity contribution in [2.45, 2.75) is 38.1 Å². The van der Waals surface area contributed by atoms with Gasteiger partial charge in [-0.15, -0.1) is 0 Å². The van der Waals surface area contributed by atoms with Gasteiger partial charge in [-0.25, -0.2) is 0 Å². The number of nitrogens with one attached hydrogen (secondary N) is 1. The van der Waals surface area contributed by atoms with Gasteiger partial charge in [-0.3, -0.25) is 4.79 Å². The summed E-state index contributed by atoms with van der Waals surface area (Å²) in [6.07, 6.45) is 7.54. The minimum Gasteiger partial charge on any atom is -0.497 e. The molecule has 1 aliphatic carbocycles. The van der Waals surface area contributed by atoms with E-state index in [0.29, 0.717) is 35.6 Å². The van der Waals surface area contributed by atoms with Crippen LogP contribution in [0.15, 0.2) is 42.6 Å². The summed E-state index contributed by atoms with van der Waals surface area (Å²) in [4.78, 5) is 15.4. The molecule has 180 valence electrons. The van der Waals surface area contributed by atoms with Gasteiger partial charge in [0.2, 0.25) is 0 Å². The summed E-state index contributed by atoms with van der Waals surface area (Å²) in [7, 11) is 3.29.